The number of nitrogens with zero attached hydrogens (tertiary/aromatic N) is 1. The Labute approximate surface area is 106 Å². The number of quaternary nitrogens is 1. The van der Waals surface area contributed by atoms with Gasteiger partial charge in [-0.1, -0.05) is 0 Å². The maximum Gasteiger partial charge on any atom is 0.166 e. The predicted molar refractivity (Wildman–Crippen MR) is 64.5 cm³/mol. The van der Waals surface area contributed by atoms with Gasteiger partial charge in [-0.2, -0.15) is 0 Å². The Morgan fingerprint density at radius 3 is 2.47 bits per heavy atom. The first-order chi connectivity index (χ1) is 7.78. The standard InChI is InChI=1S/C8H17N3O4S2/c9-8(16)11-3-1-10(2-4-11)5-7(12)6-17(13,14)15/h7,12H,1-6H2,(H2,9,16)(H,13,14,15)/t7-/m0/s1. The molecule has 0 bridgehead atoms. The lowest BCUT2D eigenvalue weighted by Gasteiger charge is -2.33. The number of aliphatic hydroxyl groups excluding tert-OH is 1. The van der Waals surface area contributed by atoms with Crippen LogP contribution >= 0.6 is 12.2 Å². The van der Waals surface area contributed by atoms with E-state index in [2.05, 4.69) is 0 Å². The van der Waals surface area contributed by atoms with E-state index in [0.717, 1.165) is 4.90 Å². The van der Waals surface area contributed by atoms with Crippen LogP contribution in [0.25, 0.3) is 0 Å². The van der Waals surface area contributed by atoms with Crippen LogP contribution in [0.2, 0.25) is 0 Å². The number of rotatable bonds is 4. The molecule has 4 N–H and O–H groups in total. The minimum Gasteiger partial charge on any atom is -0.748 e. The number of hydrogen-bond acceptors (Lipinski definition) is 5. The monoisotopic (exact) mass is 283 g/mol. The van der Waals surface area contributed by atoms with E-state index in [-0.39, 0.29) is 6.54 Å². The van der Waals surface area contributed by atoms with Crippen molar-refractivity contribution < 1.29 is 23.0 Å². The Hall–Kier alpha value is -0.480. The zero-order chi connectivity index (χ0) is 13.1. The normalized spacial score (nSPS) is 20.2. The lowest BCUT2D eigenvalue weighted by molar-refractivity contribution is -0.906. The van der Waals surface area contributed by atoms with Crippen molar-refractivity contribution >= 4 is 27.4 Å². The summed E-state index contributed by atoms with van der Waals surface area (Å²) in [6.07, 6.45) is -1.11. The van der Waals surface area contributed by atoms with Gasteiger partial charge in [0.2, 0.25) is 0 Å². The van der Waals surface area contributed by atoms with Gasteiger partial charge in [-0.3, -0.25) is 0 Å². The van der Waals surface area contributed by atoms with Crippen molar-refractivity contribution in [2.75, 3.05) is 38.5 Å². The molecule has 1 rings (SSSR count). The summed E-state index contributed by atoms with van der Waals surface area (Å²) >= 11 is 4.84. The Kier molecular flexibility index (Phi) is 5.07. The molecule has 0 aliphatic carbocycles. The summed E-state index contributed by atoms with van der Waals surface area (Å²) in [4.78, 5) is 2.91. The summed E-state index contributed by atoms with van der Waals surface area (Å²) in [5.74, 6) is -0.727. The molecule has 1 aliphatic rings. The number of piperazine rings is 1. The highest BCUT2D eigenvalue weighted by Gasteiger charge is 2.23. The highest BCUT2D eigenvalue weighted by molar-refractivity contribution is 7.85. The molecule has 1 atom stereocenters. The minimum absolute atomic E-state index is 0.257. The highest BCUT2D eigenvalue weighted by Crippen LogP contribution is 1.91. The van der Waals surface area contributed by atoms with Gasteiger partial charge in [-0.25, -0.2) is 8.42 Å². The van der Waals surface area contributed by atoms with Crippen LogP contribution in [0.5, 0.6) is 0 Å². The van der Waals surface area contributed by atoms with Crippen molar-refractivity contribution in [3.05, 3.63) is 0 Å². The third kappa shape index (κ3) is 5.59. The van der Waals surface area contributed by atoms with Crippen LogP contribution in [0.4, 0.5) is 0 Å². The Bertz CT molecular complexity index is 365. The van der Waals surface area contributed by atoms with Gasteiger partial charge in [-0.15, -0.1) is 0 Å². The van der Waals surface area contributed by atoms with E-state index in [4.69, 9.17) is 18.0 Å². The summed E-state index contributed by atoms with van der Waals surface area (Å²) in [6.45, 7) is 3.05. The predicted octanol–water partition coefficient (Wildman–Crippen LogP) is -3.66. The number of aliphatic hydroxyl groups is 1. The second-order valence-corrected chi connectivity index (χ2v) is 6.02. The molecule has 1 fully saturated rings. The third-order valence-corrected chi connectivity index (χ3v) is 3.75. The molecule has 0 aromatic carbocycles. The van der Waals surface area contributed by atoms with E-state index < -0.39 is 22.0 Å². The van der Waals surface area contributed by atoms with E-state index in [0.29, 0.717) is 31.3 Å². The zero-order valence-corrected chi connectivity index (χ0v) is 11.0. The van der Waals surface area contributed by atoms with Crippen molar-refractivity contribution in [3.8, 4) is 0 Å². The first kappa shape index (κ1) is 14.6. The van der Waals surface area contributed by atoms with Gasteiger partial charge in [0.15, 0.2) is 5.11 Å². The van der Waals surface area contributed by atoms with Crippen molar-refractivity contribution in [2.24, 2.45) is 5.73 Å². The molecule has 100 valence electrons. The second kappa shape index (κ2) is 5.91. The molecule has 0 aromatic rings. The summed E-state index contributed by atoms with van der Waals surface area (Å²) in [5, 5.41) is 9.80. The molecule has 9 heteroatoms. The summed E-state index contributed by atoms with van der Waals surface area (Å²) < 4.78 is 31.4. The van der Waals surface area contributed by atoms with Crippen molar-refractivity contribution in [1.82, 2.24) is 4.90 Å². The fraction of sp³-hybridized carbons (Fsp3) is 0.875. The van der Waals surface area contributed by atoms with Gasteiger partial charge in [0, 0.05) is 0 Å². The number of thiocarbonyl (C=S) groups is 1. The number of nitrogens with two attached hydrogens (primary N) is 1. The minimum atomic E-state index is -4.36. The molecule has 1 saturated heterocycles. The fourth-order valence-electron chi connectivity index (χ4n) is 1.88. The van der Waals surface area contributed by atoms with E-state index in [1.807, 2.05) is 4.90 Å². The average molecular weight is 283 g/mol. The van der Waals surface area contributed by atoms with Crippen LogP contribution in [0.1, 0.15) is 0 Å². The SMILES string of the molecule is NC(=S)N1CC[NH+](C[C@H](O)CS(=O)(=O)[O-])CC1. The van der Waals surface area contributed by atoms with Crippen molar-refractivity contribution in [3.63, 3.8) is 0 Å². The largest absolute Gasteiger partial charge is 0.748 e. The topological polar surface area (TPSA) is 111 Å². The van der Waals surface area contributed by atoms with Crippen LogP contribution in [0.15, 0.2) is 0 Å². The smallest absolute Gasteiger partial charge is 0.166 e. The van der Waals surface area contributed by atoms with Gasteiger partial charge in [-0.05, 0) is 12.2 Å². The van der Waals surface area contributed by atoms with Crippen LogP contribution in [-0.2, 0) is 10.1 Å². The molecular formula is C8H17N3O4S2. The van der Waals surface area contributed by atoms with Crippen molar-refractivity contribution in [2.45, 2.75) is 6.10 Å². The van der Waals surface area contributed by atoms with Crippen LogP contribution in [0.3, 0.4) is 0 Å². The fourth-order valence-corrected chi connectivity index (χ4v) is 2.65. The van der Waals surface area contributed by atoms with Gasteiger partial charge in [0.25, 0.3) is 0 Å². The molecule has 0 amide bonds. The maximum absolute atomic E-state index is 10.5. The molecule has 0 radical (unpaired) electrons. The lowest BCUT2D eigenvalue weighted by Crippen LogP contribution is -3.16. The van der Waals surface area contributed by atoms with E-state index >= 15 is 0 Å². The van der Waals surface area contributed by atoms with Gasteiger partial charge in [0.05, 0.1) is 42.1 Å². The summed E-state index contributed by atoms with van der Waals surface area (Å²) in [5.41, 5.74) is 5.48. The maximum atomic E-state index is 10.5. The van der Waals surface area contributed by atoms with Gasteiger partial charge in [0.1, 0.15) is 12.6 Å². The summed E-state index contributed by atoms with van der Waals surface area (Å²) in [6, 6.07) is 0. The number of nitrogens with one attached hydrogen (secondary N) is 1. The Balaban J connectivity index is 2.33. The van der Waals surface area contributed by atoms with E-state index in [9.17, 15) is 18.1 Å². The Morgan fingerprint density at radius 2 is 2.06 bits per heavy atom. The van der Waals surface area contributed by atoms with Crippen LogP contribution in [-0.4, -0.2) is 72.7 Å². The molecule has 1 aliphatic heterocycles. The first-order valence-electron chi connectivity index (χ1n) is 5.27. The average Bonchev–Trinajstić information content (AvgIpc) is 2.15. The molecule has 0 aromatic heterocycles. The molecular weight excluding hydrogens is 266 g/mol. The highest BCUT2D eigenvalue weighted by atomic mass is 32.2. The molecule has 17 heavy (non-hydrogen) atoms. The van der Waals surface area contributed by atoms with Crippen LogP contribution < -0.4 is 10.6 Å². The zero-order valence-electron chi connectivity index (χ0n) is 9.33. The van der Waals surface area contributed by atoms with E-state index in [1.165, 1.54) is 0 Å². The third-order valence-electron chi connectivity index (χ3n) is 2.70. The van der Waals surface area contributed by atoms with Crippen LogP contribution in [0, 0.1) is 0 Å². The Morgan fingerprint density at radius 1 is 1.53 bits per heavy atom. The quantitative estimate of drug-likeness (QED) is 0.360. The molecule has 7 nitrogen and oxygen atoms in total. The second-order valence-electron chi connectivity index (χ2n) is 4.16. The first-order valence-corrected chi connectivity index (χ1v) is 7.26. The lowest BCUT2D eigenvalue weighted by atomic mass is 10.3. The van der Waals surface area contributed by atoms with E-state index in [1.54, 1.807) is 0 Å². The van der Waals surface area contributed by atoms with Gasteiger partial charge >= 0.3 is 0 Å². The summed E-state index contributed by atoms with van der Waals surface area (Å²) in [7, 11) is -4.36. The molecule has 0 unspecified atom stereocenters. The molecule has 1 heterocycles. The number of hydrogen-bond donors (Lipinski definition) is 3. The molecule has 0 saturated carbocycles. The van der Waals surface area contributed by atoms with Gasteiger partial charge < -0.3 is 25.2 Å². The molecule has 0 spiro atoms. The van der Waals surface area contributed by atoms with Crippen molar-refractivity contribution in [1.29, 1.82) is 0 Å².